The van der Waals surface area contributed by atoms with Crippen LogP contribution in [0.1, 0.15) is 57.2 Å². The number of hydrogen-bond donors (Lipinski definition) is 2. The number of aromatic hydroxyl groups is 1. The van der Waals surface area contributed by atoms with Gasteiger partial charge in [-0.15, -0.1) is 0 Å². The van der Waals surface area contributed by atoms with Gasteiger partial charge in [0.2, 0.25) is 5.91 Å². The van der Waals surface area contributed by atoms with Crippen LogP contribution in [0.25, 0.3) is 0 Å². The molecule has 202 valence electrons. The third kappa shape index (κ3) is 6.18. The Hall–Kier alpha value is -3.26. The summed E-state index contributed by atoms with van der Waals surface area (Å²) < 4.78 is 11.6. The molecule has 0 spiro atoms. The van der Waals surface area contributed by atoms with Crippen LogP contribution in [0.4, 0.5) is 4.79 Å². The Balaban J connectivity index is 1.93. The molecule has 1 atom stereocenters. The van der Waals surface area contributed by atoms with Crippen molar-refractivity contribution in [3.05, 3.63) is 59.2 Å². The van der Waals surface area contributed by atoms with Gasteiger partial charge in [0.1, 0.15) is 23.1 Å². The Labute approximate surface area is 219 Å². The fraction of sp³-hybridized carbons (Fsp3) is 0.517. The van der Waals surface area contributed by atoms with Gasteiger partial charge in [0, 0.05) is 24.6 Å². The van der Waals surface area contributed by atoms with Crippen molar-refractivity contribution in [1.82, 2.24) is 9.80 Å². The van der Waals surface area contributed by atoms with Gasteiger partial charge in [0.25, 0.3) is 0 Å². The third-order valence-corrected chi connectivity index (χ3v) is 6.95. The van der Waals surface area contributed by atoms with Crippen LogP contribution in [-0.4, -0.2) is 70.4 Å². The first-order valence-electron chi connectivity index (χ1n) is 12.8. The largest absolute Gasteiger partial charge is 0.508 e. The smallest absolute Gasteiger partial charge is 0.408 e. The van der Waals surface area contributed by atoms with Crippen LogP contribution in [0.3, 0.4) is 0 Å². The normalized spacial score (nSPS) is 15.6. The van der Waals surface area contributed by atoms with E-state index in [1.54, 1.807) is 37.8 Å². The minimum atomic E-state index is -1.19. The molecule has 0 saturated carbocycles. The standard InChI is InChI=1S/C29H40N2O6/c1-7-8-15-37-29(23-12-10-9-11-20(23)2)18-30(19-29)26(33)24(31(27(34)35)28(3,4)5)16-21-13-14-22(36-6)17-25(21)32/h9-14,17,24,32H,7-8,15-16,18-19H2,1-6H3,(H,34,35). The van der Waals surface area contributed by atoms with E-state index in [0.29, 0.717) is 31.0 Å². The highest BCUT2D eigenvalue weighted by molar-refractivity contribution is 5.87. The first-order valence-corrected chi connectivity index (χ1v) is 12.8. The third-order valence-electron chi connectivity index (χ3n) is 6.95. The SMILES string of the molecule is CCCCOC1(c2ccccc2C)CN(C(=O)C(Cc2ccc(OC)cc2O)N(C(=O)O)C(C)(C)C)C1. The van der Waals surface area contributed by atoms with Crippen LogP contribution in [0.2, 0.25) is 0 Å². The molecule has 2 aromatic carbocycles. The van der Waals surface area contributed by atoms with Crippen LogP contribution in [0.5, 0.6) is 11.5 Å². The fourth-order valence-corrected chi connectivity index (χ4v) is 5.00. The van der Waals surface area contributed by atoms with Crippen molar-refractivity contribution in [2.75, 3.05) is 26.8 Å². The number of carbonyl (C=O) groups is 2. The van der Waals surface area contributed by atoms with Gasteiger partial charge in [0.05, 0.1) is 20.2 Å². The Kier molecular flexibility index (Phi) is 8.74. The monoisotopic (exact) mass is 512 g/mol. The molecule has 1 saturated heterocycles. The maximum atomic E-state index is 13.9. The van der Waals surface area contributed by atoms with Crippen LogP contribution < -0.4 is 4.74 Å². The van der Waals surface area contributed by atoms with Crippen molar-refractivity contribution in [2.45, 2.75) is 71.1 Å². The summed E-state index contributed by atoms with van der Waals surface area (Å²) in [6.07, 6.45) is 0.753. The quantitative estimate of drug-likeness (QED) is 0.437. The first kappa shape index (κ1) is 28.3. The lowest BCUT2D eigenvalue weighted by molar-refractivity contribution is -0.178. The number of carbonyl (C=O) groups excluding carboxylic acids is 1. The van der Waals surface area contributed by atoms with Gasteiger partial charge in [-0.05, 0) is 56.9 Å². The molecular formula is C29H40N2O6. The predicted octanol–water partition coefficient (Wildman–Crippen LogP) is 4.95. The first-order chi connectivity index (χ1) is 17.4. The number of phenolic OH excluding ortho intramolecular Hbond substituents is 1. The Morgan fingerprint density at radius 3 is 2.38 bits per heavy atom. The minimum Gasteiger partial charge on any atom is -0.508 e. The molecule has 1 aliphatic rings. The van der Waals surface area contributed by atoms with Gasteiger partial charge in [-0.25, -0.2) is 4.79 Å². The molecule has 0 aliphatic carbocycles. The topological polar surface area (TPSA) is 99.5 Å². The van der Waals surface area contributed by atoms with Gasteiger partial charge in [-0.3, -0.25) is 9.69 Å². The molecule has 2 N–H and O–H groups in total. The van der Waals surface area contributed by atoms with Gasteiger partial charge in [0.15, 0.2) is 0 Å². The van der Waals surface area contributed by atoms with Crippen LogP contribution in [-0.2, 0) is 21.6 Å². The zero-order chi connectivity index (χ0) is 27.4. The zero-order valence-corrected chi connectivity index (χ0v) is 22.8. The van der Waals surface area contributed by atoms with Crippen LogP contribution >= 0.6 is 0 Å². The molecule has 2 amide bonds. The van der Waals surface area contributed by atoms with Crippen molar-refractivity contribution in [3.8, 4) is 11.5 Å². The molecule has 1 fully saturated rings. The second-order valence-corrected chi connectivity index (χ2v) is 10.7. The van der Waals surface area contributed by atoms with E-state index >= 15 is 0 Å². The van der Waals surface area contributed by atoms with Gasteiger partial charge in [-0.2, -0.15) is 0 Å². The molecule has 37 heavy (non-hydrogen) atoms. The van der Waals surface area contributed by atoms with Crippen molar-refractivity contribution in [1.29, 1.82) is 0 Å². The molecule has 0 radical (unpaired) electrons. The van der Waals surface area contributed by atoms with Crippen molar-refractivity contribution >= 4 is 12.0 Å². The number of phenols is 1. The Morgan fingerprint density at radius 2 is 1.84 bits per heavy atom. The summed E-state index contributed by atoms with van der Waals surface area (Å²) in [6.45, 7) is 10.7. The number of rotatable bonds is 10. The number of unbranched alkanes of at least 4 members (excludes halogenated alkanes) is 1. The molecule has 1 unspecified atom stereocenters. The van der Waals surface area contributed by atoms with E-state index in [4.69, 9.17) is 9.47 Å². The van der Waals surface area contributed by atoms with Crippen LogP contribution in [0, 0.1) is 6.92 Å². The summed E-state index contributed by atoms with van der Waals surface area (Å²) in [6, 6.07) is 11.8. The number of methoxy groups -OCH3 is 1. The van der Waals surface area contributed by atoms with E-state index in [2.05, 4.69) is 6.92 Å². The summed E-state index contributed by atoms with van der Waals surface area (Å²) in [4.78, 5) is 29.2. The molecule has 0 bridgehead atoms. The summed E-state index contributed by atoms with van der Waals surface area (Å²) >= 11 is 0. The number of carboxylic acid groups (broad SMARTS) is 1. The number of ether oxygens (including phenoxy) is 2. The molecular weight excluding hydrogens is 472 g/mol. The molecule has 1 heterocycles. The highest BCUT2D eigenvalue weighted by atomic mass is 16.5. The van der Waals surface area contributed by atoms with E-state index < -0.39 is 23.3 Å². The van der Waals surface area contributed by atoms with Crippen molar-refractivity contribution in [3.63, 3.8) is 0 Å². The summed E-state index contributed by atoms with van der Waals surface area (Å²) in [5.41, 5.74) is 1.14. The molecule has 2 aromatic rings. The molecule has 3 rings (SSSR count). The predicted molar refractivity (Wildman–Crippen MR) is 142 cm³/mol. The lowest BCUT2D eigenvalue weighted by atomic mass is 9.82. The van der Waals surface area contributed by atoms with Crippen molar-refractivity contribution < 1.29 is 29.3 Å². The number of likely N-dealkylation sites (tertiary alicyclic amines) is 1. The van der Waals surface area contributed by atoms with Crippen molar-refractivity contribution in [2.24, 2.45) is 0 Å². The van der Waals surface area contributed by atoms with E-state index in [1.165, 1.54) is 18.1 Å². The van der Waals surface area contributed by atoms with Crippen LogP contribution in [0.15, 0.2) is 42.5 Å². The maximum absolute atomic E-state index is 13.9. The summed E-state index contributed by atoms with van der Waals surface area (Å²) in [5.74, 6) is 0.123. The highest BCUT2D eigenvalue weighted by Crippen LogP contribution is 2.39. The molecule has 8 nitrogen and oxygen atoms in total. The molecule has 0 aromatic heterocycles. The lowest BCUT2D eigenvalue weighted by Crippen LogP contribution is -2.67. The fourth-order valence-electron chi connectivity index (χ4n) is 5.00. The summed E-state index contributed by atoms with van der Waals surface area (Å²) in [7, 11) is 1.50. The van der Waals surface area contributed by atoms with Gasteiger partial charge in [-0.1, -0.05) is 43.7 Å². The average molecular weight is 513 g/mol. The molecule has 1 aliphatic heterocycles. The lowest BCUT2D eigenvalue weighted by Gasteiger charge is -2.52. The average Bonchev–Trinajstić information content (AvgIpc) is 2.80. The van der Waals surface area contributed by atoms with E-state index in [9.17, 15) is 19.8 Å². The zero-order valence-electron chi connectivity index (χ0n) is 22.8. The maximum Gasteiger partial charge on any atom is 0.408 e. The minimum absolute atomic E-state index is 0.0305. The van der Waals surface area contributed by atoms with E-state index in [1.807, 2.05) is 31.2 Å². The number of hydrogen-bond acceptors (Lipinski definition) is 5. The van der Waals surface area contributed by atoms with E-state index in [-0.39, 0.29) is 18.1 Å². The second kappa shape index (κ2) is 11.4. The Bertz CT molecular complexity index is 1100. The number of amides is 2. The number of nitrogens with zero attached hydrogens (tertiary/aromatic N) is 2. The highest BCUT2D eigenvalue weighted by Gasteiger charge is 2.51. The van der Waals surface area contributed by atoms with Gasteiger partial charge < -0.3 is 24.6 Å². The second-order valence-electron chi connectivity index (χ2n) is 10.7. The number of benzene rings is 2. The summed E-state index contributed by atoms with van der Waals surface area (Å²) in [5, 5.41) is 20.7. The molecule has 8 heteroatoms. The Morgan fingerprint density at radius 1 is 1.16 bits per heavy atom. The number of aryl methyl sites for hydroxylation is 1. The van der Waals surface area contributed by atoms with E-state index in [0.717, 1.165) is 24.0 Å². The van der Waals surface area contributed by atoms with Gasteiger partial charge >= 0.3 is 6.09 Å².